The fraction of sp³-hybridized carbons (Fsp3) is 0.0556. The highest BCUT2D eigenvalue weighted by atomic mass is 32.2. The summed E-state index contributed by atoms with van der Waals surface area (Å²) in [7, 11) is 0. The number of hydrogen-bond acceptors (Lipinski definition) is 5. The minimum atomic E-state index is -0.628. The van der Waals surface area contributed by atoms with Crippen molar-refractivity contribution in [1.29, 1.82) is 0 Å². The van der Waals surface area contributed by atoms with Gasteiger partial charge in [-0.25, -0.2) is 4.39 Å². The molecule has 0 radical (unpaired) electrons. The summed E-state index contributed by atoms with van der Waals surface area (Å²) >= 11 is 0.681. The third-order valence-corrected chi connectivity index (χ3v) is 4.41. The molecular formula is C18H13FN2O4S. The van der Waals surface area contributed by atoms with Crippen molar-refractivity contribution in [3.05, 3.63) is 64.8 Å². The predicted octanol–water partition coefficient (Wildman–Crippen LogP) is 3.21. The number of para-hydroxylation sites is 2. The minimum Gasteiger partial charge on any atom is -0.506 e. The summed E-state index contributed by atoms with van der Waals surface area (Å²) in [6.07, 6.45) is 1.40. The van der Waals surface area contributed by atoms with Crippen LogP contribution in [0, 0.1) is 5.82 Å². The Morgan fingerprint density at radius 1 is 1.19 bits per heavy atom. The molecule has 0 spiro atoms. The first-order valence-corrected chi connectivity index (χ1v) is 8.34. The van der Waals surface area contributed by atoms with Gasteiger partial charge in [0, 0.05) is 0 Å². The maximum atomic E-state index is 13.2. The molecule has 132 valence electrons. The molecule has 3 amide bonds. The minimum absolute atomic E-state index is 0.107. The molecule has 0 saturated carbocycles. The van der Waals surface area contributed by atoms with Crippen LogP contribution < -0.4 is 5.32 Å². The maximum Gasteiger partial charge on any atom is 0.294 e. The standard InChI is InChI=1S/C18H13FN2O4S/c19-12-5-3-4-11(8-12)9-15-17(24)21(18(25)26-15)10-16(23)20-13-6-1-2-7-14(13)22/h1-9,22H,10H2,(H,20,23). The molecule has 0 bridgehead atoms. The third-order valence-electron chi connectivity index (χ3n) is 3.50. The van der Waals surface area contributed by atoms with Gasteiger partial charge in [0.15, 0.2) is 0 Å². The van der Waals surface area contributed by atoms with E-state index in [0.717, 1.165) is 4.90 Å². The number of imide groups is 1. The molecule has 1 saturated heterocycles. The van der Waals surface area contributed by atoms with E-state index < -0.39 is 29.4 Å². The van der Waals surface area contributed by atoms with E-state index in [2.05, 4.69) is 5.32 Å². The zero-order valence-corrected chi connectivity index (χ0v) is 14.1. The van der Waals surface area contributed by atoms with Gasteiger partial charge in [-0.05, 0) is 47.7 Å². The first-order valence-electron chi connectivity index (χ1n) is 7.53. The zero-order chi connectivity index (χ0) is 18.7. The Balaban J connectivity index is 1.71. The normalized spacial score (nSPS) is 15.6. The highest BCUT2D eigenvalue weighted by Gasteiger charge is 2.36. The number of benzene rings is 2. The first kappa shape index (κ1) is 17.7. The molecule has 2 aromatic carbocycles. The van der Waals surface area contributed by atoms with E-state index in [1.165, 1.54) is 36.4 Å². The van der Waals surface area contributed by atoms with Gasteiger partial charge in [-0.15, -0.1) is 0 Å². The number of rotatable bonds is 4. The van der Waals surface area contributed by atoms with E-state index in [1.807, 2.05) is 0 Å². The maximum absolute atomic E-state index is 13.2. The van der Waals surface area contributed by atoms with Gasteiger partial charge in [-0.1, -0.05) is 24.3 Å². The topological polar surface area (TPSA) is 86.7 Å². The highest BCUT2D eigenvalue weighted by molar-refractivity contribution is 8.18. The predicted molar refractivity (Wildman–Crippen MR) is 95.8 cm³/mol. The van der Waals surface area contributed by atoms with Gasteiger partial charge in [-0.3, -0.25) is 19.3 Å². The van der Waals surface area contributed by atoms with Crippen molar-refractivity contribution in [2.75, 3.05) is 11.9 Å². The summed E-state index contributed by atoms with van der Waals surface area (Å²) in [4.78, 5) is 37.4. The first-order chi connectivity index (χ1) is 12.4. The van der Waals surface area contributed by atoms with Gasteiger partial charge < -0.3 is 10.4 Å². The van der Waals surface area contributed by atoms with Crippen LogP contribution in [-0.4, -0.2) is 33.6 Å². The Labute approximate surface area is 152 Å². The molecule has 1 fully saturated rings. The van der Waals surface area contributed by atoms with Crippen LogP contribution in [0.25, 0.3) is 6.08 Å². The van der Waals surface area contributed by atoms with Crippen molar-refractivity contribution in [2.45, 2.75) is 0 Å². The third kappa shape index (κ3) is 3.92. The SMILES string of the molecule is O=C(CN1C(=O)SC(=Cc2cccc(F)c2)C1=O)Nc1ccccc1O. The number of anilines is 1. The summed E-state index contributed by atoms with van der Waals surface area (Å²) in [5.41, 5.74) is 0.619. The number of aromatic hydroxyl groups is 1. The monoisotopic (exact) mass is 372 g/mol. The number of carbonyl (C=O) groups excluding carboxylic acids is 3. The van der Waals surface area contributed by atoms with Crippen LogP contribution in [0.5, 0.6) is 5.75 Å². The van der Waals surface area contributed by atoms with Crippen LogP contribution in [-0.2, 0) is 9.59 Å². The average Bonchev–Trinajstić information content (AvgIpc) is 2.84. The molecule has 0 aromatic heterocycles. The number of thioether (sulfide) groups is 1. The zero-order valence-electron chi connectivity index (χ0n) is 13.3. The molecule has 0 atom stereocenters. The van der Waals surface area contributed by atoms with Crippen LogP contribution >= 0.6 is 11.8 Å². The Morgan fingerprint density at radius 3 is 2.69 bits per heavy atom. The Morgan fingerprint density at radius 2 is 1.96 bits per heavy atom. The molecule has 2 N–H and O–H groups in total. The lowest BCUT2D eigenvalue weighted by Crippen LogP contribution is -2.36. The number of phenolic OH excluding ortho intramolecular Hbond substituents is 1. The number of nitrogens with zero attached hydrogens (tertiary/aromatic N) is 1. The van der Waals surface area contributed by atoms with E-state index >= 15 is 0 Å². The molecule has 0 unspecified atom stereocenters. The van der Waals surface area contributed by atoms with Crippen LogP contribution in [0.1, 0.15) is 5.56 Å². The van der Waals surface area contributed by atoms with Crippen LogP contribution in [0.2, 0.25) is 0 Å². The molecule has 1 heterocycles. The van der Waals surface area contributed by atoms with Gasteiger partial charge >= 0.3 is 0 Å². The van der Waals surface area contributed by atoms with E-state index in [4.69, 9.17) is 0 Å². The molecular weight excluding hydrogens is 359 g/mol. The van der Waals surface area contributed by atoms with Gasteiger partial charge in [0.05, 0.1) is 10.6 Å². The molecule has 0 aliphatic carbocycles. The lowest BCUT2D eigenvalue weighted by molar-refractivity contribution is -0.127. The van der Waals surface area contributed by atoms with Crippen molar-refractivity contribution in [3.63, 3.8) is 0 Å². The van der Waals surface area contributed by atoms with Gasteiger partial charge in [-0.2, -0.15) is 0 Å². The Kier molecular flexibility index (Phi) is 5.04. The van der Waals surface area contributed by atoms with Crippen molar-refractivity contribution in [3.8, 4) is 5.75 Å². The quantitative estimate of drug-likeness (QED) is 0.636. The van der Waals surface area contributed by atoms with Crippen molar-refractivity contribution < 1.29 is 23.9 Å². The van der Waals surface area contributed by atoms with Crippen LogP contribution in [0.15, 0.2) is 53.4 Å². The van der Waals surface area contributed by atoms with Gasteiger partial charge in [0.25, 0.3) is 11.1 Å². The van der Waals surface area contributed by atoms with Crippen molar-refractivity contribution >= 4 is 40.6 Å². The van der Waals surface area contributed by atoms with E-state index in [1.54, 1.807) is 18.2 Å². The highest BCUT2D eigenvalue weighted by Crippen LogP contribution is 2.32. The summed E-state index contributed by atoms with van der Waals surface area (Å²) in [5, 5.41) is 11.5. The number of halogens is 1. The second-order valence-corrected chi connectivity index (χ2v) is 6.38. The molecule has 1 aliphatic heterocycles. The fourth-order valence-electron chi connectivity index (χ4n) is 2.30. The lowest BCUT2D eigenvalue weighted by Gasteiger charge is -2.13. The van der Waals surface area contributed by atoms with Crippen molar-refractivity contribution in [1.82, 2.24) is 4.90 Å². The second kappa shape index (κ2) is 7.40. The van der Waals surface area contributed by atoms with Gasteiger partial charge in [0.1, 0.15) is 18.1 Å². The Bertz CT molecular complexity index is 929. The summed E-state index contributed by atoms with van der Waals surface area (Å²) < 4.78 is 13.2. The number of hydrogen-bond donors (Lipinski definition) is 2. The molecule has 26 heavy (non-hydrogen) atoms. The smallest absolute Gasteiger partial charge is 0.294 e. The largest absolute Gasteiger partial charge is 0.506 e. The lowest BCUT2D eigenvalue weighted by atomic mass is 10.2. The average molecular weight is 372 g/mol. The van der Waals surface area contributed by atoms with Crippen molar-refractivity contribution in [2.24, 2.45) is 0 Å². The van der Waals surface area contributed by atoms with E-state index in [9.17, 15) is 23.9 Å². The number of nitrogens with one attached hydrogen (secondary N) is 1. The number of carbonyl (C=O) groups is 3. The fourth-order valence-corrected chi connectivity index (χ4v) is 3.14. The Hall–Kier alpha value is -3.13. The summed E-state index contributed by atoms with van der Waals surface area (Å²) in [6.45, 7) is -0.487. The molecule has 3 rings (SSSR count). The van der Waals surface area contributed by atoms with Crippen LogP contribution in [0.3, 0.4) is 0 Å². The molecule has 2 aromatic rings. The van der Waals surface area contributed by atoms with Crippen LogP contribution in [0.4, 0.5) is 14.9 Å². The van der Waals surface area contributed by atoms with E-state index in [0.29, 0.717) is 17.3 Å². The second-order valence-electron chi connectivity index (χ2n) is 5.39. The van der Waals surface area contributed by atoms with E-state index in [-0.39, 0.29) is 16.3 Å². The summed E-state index contributed by atoms with van der Waals surface area (Å²) in [6, 6.07) is 11.7. The molecule has 1 aliphatic rings. The molecule has 6 nitrogen and oxygen atoms in total. The number of amides is 3. The number of phenols is 1. The summed E-state index contributed by atoms with van der Waals surface area (Å²) in [5.74, 6) is -1.83. The van der Waals surface area contributed by atoms with Gasteiger partial charge in [0.2, 0.25) is 5.91 Å². The molecule has 8 heteroatoms.